The molecule has 0 bridgehead atoms. The second kappa shape index (κ2) is 5.74. The van der Waals surface area contributed by atoms with E-state index in [0.29, 0.717) is 0 Å². The topological polar surface area (TPSA) is 37.4 Å². The molecule has 0 atom stereocenters. The largest absolute Gasteiger partial charge is 0.271 e. The van der Waals surface area contributed by atoms with Gasteiger partial charge in [-0.15, -0.1) is 0 Å². The van der Waals surface area contributed by atoms with Gasteiger partial charge in [-0.2, -0.15) is 8.42 Å². The molecule has 0 fully saturated rings. The lowest BCUT2D eigenvalue weighted by atomic mass is 10.4. The van der Waals surface area contributed by atoms with Gasteiger partial charge in [0.05, 0.1) is 0 Å². The zero-order chi connectivity index (χ0) is 13.9. The van der Waals surface area contributed by atoms with Gasteiger partial charge in [-0.25, -0.2) is 0 Å². The van der Waals surface area contributed by atoms with Crippen LogP contribution in [0.1, 0.15) is 0 Å². The van der Waals surface area contributed by atoms with E-state index in [1.165, 1.54) is 0 Å². The highest BCUT2D eigenvalue weighted by Crippen LogP contribution is 2.47. The van der Waals surface area contributed by atoms with Crippen LogP contribution in [0, 0.1) is 0 Å². The fourth-order valence-electron chi connectivity index (χ4n) is 2.18. The summed E-state index contributed by atoms with van der Waals surface area (Å²) in [6.07, 6.45) is -2.59. The van der Waals surface area contributed by atoms with Gasteiger partial charge in [-0.3, -0.25) is 4.67 Å². The maximum absolute atomic E-state index is 12.1. The van der Waals surface area contributed by atoms with Gasteiger partial charge >= 0.3 is 0 Å². The lowest BCUT2D eigenvalue weighted by molar-refractivity contribution is 0.624. The van der Waals surface area contributed by atoms with Crippen LogP contribution in [0.4, 0.5) is 0 Å². The molecule has 2 aromatic carbocycles. The van der Waals surface area contributed by atoms with E-state index in [0.717, 1.165) is 10.6 Å². The maximum Gasteiger partial charge on any atom is 0.225 e. The van der Waals surface area contributed by atoms with Crippen molar-refractivity contribution in [2.75, 3.05) is 14.1 Å². The number of hydrogen-bond donors (Lipinski definition) is 0. The van der Waals surface area contributed by atoms with Gasteiger partial charge in [0.1, 0.15) is 6.19 Å². The summed E-state index contributed by atoms with van der Waals surface area (Å²) in [7, 11) is 1.44. The van der Waals surface area contributed by atoms with Crippen molar-refractivity contribution in [3.8, 4) is 0 Å². The smallest absolute Gasteiger partial charge is 0.225 e. The molecule has 0 radical (unpaired) electrons. The van der Waals surface area contributed by atoms with Gasteiger partial charge in [0.15, 0.2) is 0 Å². The van der Waals surface area contributed by atoms with E-state index in [2.05, 4.69) is 0 Å². The number of rotatable bonds is 3. The minimum absolute atomic E-state index is 0.847. The SMILES string of the molecule is CN(C)P(c1ccccc1)(c1ccccc1)=S(=O)=O. The molecular weight excluding hydrogens is 277 g/mol. The zero-order valence-electron chi connectivity index (χ0n) is 10.9. The van der Waals surface area contributed by atoms with E-state index in [4.69, 9.17) is 0 Å². The van der Waals surface area contributed by atoms with E-state index in [1.54, 1.807) is 0 Å². The summed E-state index contributed by atoms with van der Waals surface area (Å²) in [5.41, 5.74) is 0. The molecule has 0 saturated heterocycles. The Morgan fingerprint density at radius 3 is 1.42 bits per heavy atom. The zero-order valence-corrected chi connectivity index (χ0v) is 12.6. The summed E-state index contributed by atoms with van der Waals surface area (Å²) in [6.45, 7) is 0. The number of nitrogens with zero attached hydrogens (tertiary/aromatic N) is 1. The molecule has 0 aliphatic carbocycles. The molecule has 5 heteroatoms. The molecule has 100 valence electrons. The standard InChI is InChI=1S/C14H16NO2PS/c1-15(2)18(19(16)17,13-9-5-3-6-10-13)14-11-7-4-8-12-14/h3-12H,1-2H3. The average molecular weight is 293 g/mol. The minimum atomic E-state index is -2.59. The molecule has 0 heterocycles. The van der Waals surface area contributed by atoms with Gasteiger partial charge in [0.2, 0.25) is 9.88 Å². The molecule has 2 aromatic rings. The first-order valence-corrected chi connectivity index (χ1v) is 9.30. The third kappa shape index (κ3) is 2.39. The van der Waals surface area contributed by atoms with Crippen LogP contribution in [0.25, 0.3) is 0 Å². The molecule has 0 N–H and O–H groups in total. The van der Waals surface area contributed by atoms with Crippen LogP contribution in [-0.4, -0.2) is 27.2 Å². The molecule has 0 aliphatic rings. The van der Waals surface area contributed by atoms with Crippen LogP contribution in [0.2, 0.25) is 0 Å². The summed E-state index contributed by atoms with van der Waals surface area (Å²) in [5, 5.41) is 1.69. The Balaban J connectivity index is 2.92. The van der Waals surface area contributed by atoms with Crippen LogP contribution in [0.15, 0.2) is 60.7 Å². The molecule has 0 aliphatic heterocycles. The van der Waals surface area contributed by atoms with Crippen molar-refractivity contribution in [1.82, 2.24) is 4.67 Å². The lowest BCUT2D eigenvalue weighted by Crippen LogP contribution is -2.27. The van der Waals surface area contributed by atoms with Crippen molar-refractivity contribution in [1.29, 1.82) is 0 Å². The van der Waals surface area contributed by atoms with E-state index >= 15 is 0 Å². The fraction of sp³-hybridized carbons (Fsp3) is 0.143. The van der Waals surface area contributed by atoms with E-state index in [-0.39, 0.29) is 0 Å². The Bertz CT molecular complexity index is 658. The summed E-state index contributed by atoms with van der Waals surface area (Å²) in [6, 6.07) is 18.8. The highest BCUT2D eigenvalue weighted by atomic mass is 32.5. The van der Waals surface area contributed by atoms with Gasteiger partial charge in [-0.05, 0) is 14.1 Å². The maximum atomic E-state index is 12.1. The van der Waals surface area contributed by atoms with Crippen LogP contribution in [0.5, 0.6) is 0 Å². The van der Waals surface area contributed by atoms with Crippen LogP contribution < -0.4 is 10.6 Å². The fourth-order valence-corrected chi connectivity index (χ4v) is 7.72. The molecule has 0 spiro atoms. The number of hydrogen-bond acceptors (Lipinski definition) is 2. The molecule has 2 rings (SSSR count). The Hall–Kier alpha value is -1.35. The van der Waals surface area contributed by atoms with Gasteiger partial charge in [-0.1, -0.05) is 60.7 Å². The summed E-state index contributed by atoms with van der Waals surface area (Å²) in [4.78, 5) is 0. The molecule has 19 heavy (non-hydrogen) atoms. The quantitative estimate of drug-likeness (QED) is 0.812. The van der Waals surface area contributed by atoms with Crippen LogP contribution in [0.3, 0.4) is 0 Å². The lowest BCUT2D eigenvalue weighted by Gasteiger charge is -2.28. The Kier molecular flexibility index (Phi) is 4.25. The van der Waals surface area contributed by atoms with E-state index in [1.807, 2.05) is 79.4 Å². The molecule has 3 nitrogen and oxygen atoms in total. The first-order valence-electron chi connectivity index (χ1n) is 5.88. The average Bonchev–Trinajstić information content (AvgIpc) is 2.41. The highest BCUT2D eigenvalue weighted by molar-refractivity contribution is 8.26. The molecule has 0 unspecified atom stereocenters. The molecule has 0 amide bonds. The Morgan fingerprint density at radius 2 is 1.16 bits per heavy atom. The van der Waals surface area contributed by atoms with Gasteiger partial charge in [0, 0.05) is 10.6 Å². The molecule has 0 aromatic heterocycles. The second-order valence-electron chi connectivity index (χ2n) is 4.31. The highest BCUT2D eigenvalue weighted by Gasteiger charge is 2.29. The Labute approximate surface area is 115 Å². The van der Waals surface area contributed by atoms with Crippen molar-refractivity contribution in [2.45, 2.75) is 0 Å². The van der Waals surface area contributed by atoms with E-state index < -0.39 is 16.1 Å². The summed E-state index contributed by atoms with van der Waals surface area (Å²) in [5.74, 6) is 0. The van der Waals surface area contributed by atoms with Crippen LogP contribution in [-0.2, 0) is 9.88 Å². The summed E-state index contributed by atoms with van der Waals surface area (Å²) < 4.78 is 26.0. The number of benzene rings is 2. The van der Waals surface area contributed by atoms with Crippen molar-refractivity contribution >= 4 is 26.7 Å². The predicted molar refractivity (Wildman–Crippen MR) is 81.7 cm³/mol. The summed E-state index contributed by atoms with van der Waals surface area (Å²) >= 11 is 0. The second-order valence-corrected chi connectivity index (χ2v) is 10.2. The minimum Gasteiger partial charge on any atom is -0.271 e. The first-order chi connectivity index (χ1) is 9.10. The van der Waals surface area contributed by atoms with Gasteiger partial charge in [0.25, 0.3) is 0 Å². The van der Waals surface area contributed by atoms with Crippen molar-refractivity contribution in [3.63, 3.8) is 0 Å². The van der Waals surface area contributed by atoms with Crippen molar-refractivity contribution in [2.24, 2.45) is 0 Å². The van der Waals surface area contributed by atoms with E-state index in [9.17, 15) is 8.42 Å². The van der Waals surface area contributed by atoms with Crippen molar-refractivity contribution < 1.29 is 8.42 Å². The first kappa shape index (κ1) is 14.1. The molecule has 0 saturated carbocycles. The van der Waals surface area contributed by atoms with Gasteiger partial charge < -0.3 is 0 Å². The third-order valence-corrected chi connectivity index (χ3v) is 10.1. The Morgan fingerprint density at radius 1 is 0.789 bits per heavy atom. The third-order valence-electron chi connectivity index (χ3n) is 2.99. The monoisotopic (exact) mass is 293 g/mol. The van der Waals surface area contributed by atoms with Crippen molar-refractivity contribution in [3.05, 3.63) is 60.7 Å². The van der Waals surface area contributed by atoms with Crippen LogP contribution >= 0.6 is 6.19 Å². The predicted octanol–water partition coefficient (Wildman–Crippen LogP) is 1.93. The normalized spacial score (nSPS) is 11.5. The molecular formula is C14H16NO2PS.